The maximum absolute atomic E-state index is 10.6. The Labute approximate surface area is 109 Å². The average molecular weight is 259 g/mol. The van der Waals surface area contributed by atoms with Crippen LogP contribution in [0.5, 0.6) is 0 Å². The molecule has 0 amide bonds. The minimum atomic E-state index is -0.869. The first kappa shape index (κ1) is 12.8. The van der Waals surface area contributed by atoms with Crippen LogP contribution in [0.2, 0.25) is 0 Å². The number of fused-ring (bicyclic) bond motifs is 1. The molecule has 0 aliphatic carbocycles. The Kier molecular flexibility index (Phi) is 3.61. The van der Waals surface area contributed by atoms with Gasteiger partial charge in [-0.25, -0.2) is 0 Å². The standard InChI is InChI=1S/C13H13N3O3/c14-13(16-19)10-3-1-2-9-8(10)6-7-15-11(9)4-5-12(17)18/h1-3,6-7,19H,4-5H2,(H2,14,16)(H,17,18). The van der Waals surface area contributed by atoms with Gasteiger partial charge in [0.1, 0.15) is 0 Å². The first-order valence-electron chi connectivity index (χ1n) is 5.69. The Morgan fingerprint density at radius 3 is 2.79 bits per heavy atom. The second-order valence-corrected chi connectivity index (χ2v) is 4.04. The Balaban J connectivity index is 2.54. The number of benzene rings is 1. The van der Waals surface area contributed by atoms with E-state index in [1.165, 1.54) is 0 Å². The highest BCUT2D eigenvalue weighted by molar-refractivity contribution is 6.09. The lowest BCUT2D eigenvalue weighted by Crippen LogP contribution is -2.13. The summed E-state index contributed by atoms with van der Waals surface area (Å²) in [5.41, 5.74) is 6.90. The number of carboxylic acids is 1. The van der Waals surface area contributed by atoms with Crippen molar-refractivity contribution in [2.75, 3.05) is 0 Å². The van der Waals surface area contributed by atoms with E-state index < -0.39 is 5.97 Å². The summed E-state index contributed by atoms with van der Waals surface area (Å²) in [6, 6.07) is 7.10. The fourth-order valence-corrected chi connectivity index (χ4v) is 1.97. The van der Waals surface area contributed by atoms with Crippen LogP contribution in [0.1, 0.15) is 17.7 Å². The highest BCUT2D eigenvalue weighted by Gasteiger charge is 2.09. The number of amidine groups is 1. The molecule has 19 heavy (non-hydrogen) atoms. The molecule has 0 unspecified atom stereocenters. The lowest BCUT2D eigenvalue weighted by Gasteiger charge is -2.08. The van der Waals surface area contributed by atoms with Crippen LogP contribution in [0.4, 0.5) is 0 Å². The summed E-state index contributed by atoms with van der Waals surface area (Å²) in [6.07, 6.45) is 1.94. The maximum Gasteiger partial charge on any atom is 0.303 e. The van der Waals surface area contributed by atoms with Crippen molar-refractivity contribution in [3.8, 4) is 0 Å². The van der Waals surface area contributed by atoms with E-state index in [-0.39, 0.29) is 12.3 Å². The van der Waals surface area contributed by atoms with Crippen LogP contribution in [0, 0.1) is 0 Å². The molecule has 0 atom stereocenters. The molecule has 0 bridgehead atoms. The fraction of sp³-hybridized carbons (Fsp3) is 0.154. The monoisotopic (exact) mass is 259 g/mol. The van der Waals surface area contributed by atoms with E-state index in [0.29, 0.717) is 17.7 Å². The number of aryl methyl sites for hydroxylation is 1. The summed E-state index contributed by atoms with van der Waals surface area (Å²) in [5, 5.41) is 22.1. The first-order chi connectivity index (χ1) is 9.13. The number of carboxylic acid groups (broad SMARTS) is 1. The highest BCUT2D eigenvalue weighted by atomic mass is 16.4. The van der Waals surface area contributed by atoms with Crippen molar-refractivity contribution in [2.24, 2.45) is 10.9 Å². The molecule has 1 aromatic heterocycles. The largest absolute Gasteiger partial charge is 0.481 e. The molecular formula is C13H13N3O3. The minimum Gasteiger partial charge on any atom is -0.481 e. The lowest BCUT2D eigenvalue weighted by molar-refractivity contribution is -0.136. The van der Waals surface area contributed by atoms with Crippen molar-refractivity contribution in [1.29, 1.82) is 0 Å². The van der Waals surface area contributed by atoms with Gasteiger partial charge < -0.3 is 16.0 Å². The molecule has 1 heterocycles. The molecule has 0 saturated heterocycles. The van der Waals surface area contributed by atoms with Crippen LogP contribution in [0.3, 0.4) is 0 Å². The maximum atomic E-state index is 10.6. The highest BCUT2D eigenvalue weighted by Crippen LogP contribution is 2.21. The summed E-state index contributed by atoms with van der Waals surface area (Å²) < 4.78 is 0. The first-order valence-corrected chi connectivity index (χ1v) is 5.69. The Morgan fingerprint density at radius 2 is 2.11 bits per heavy atom. The summed E-state index contributed by atoms with van der Waals surface area (Å²) in [7, 11) is 0. The smallest absolute Gasteiger partial charge is 0.303 e. The normalized spacial score (nSPS) is 11.7. The molecule has 0 aliphatic heterocycles. The molecule has 0 fully saturated rings. The third kappa shape index (κ3) is 2.62. The van der Waals surface area contributed by atoms with Gasteiger partial charge in [0, 0.05) is 29.3 Å². The Morgan fingerprint density at radius 1 is 1.32 bits per heavy atom. The molecule has 98 valence electrons. The van der Waals surface area contributed by atoms with Gasteiger partial charge in [-0.2, -0.15) is 0 Å². The number of hydrogen-bond acceptors (Lipinski definition) is 4. The van der Waals surface area contributed by atoms with Crippen molar-refractivity contribution < 1.29 is 15.1 Å². The van der Waals surface area contributed by atoms with Crippen LogP contribution in [-0.2, 0) is 11.2 Å². The topological polar surface area (TPSA) is 109 Å². The van der Waals surface area contributed by atoms with E-state index >= 15 is 0 Å². The Hall–Kier alpha value is -2.63. The minimum absolute atomic E-state index is 0.0138. The molecule has 0 radical (unpaired) electrons. The van der Waals surface area contributed by atoms with E-state index in [1.54, 1.807) is 24.4 Å². The second-order valence-electron chi connectivity index (χ2n) is 4.04. The summed E-state index contributed by atoms with van der Waals surface area (Å²) in [5.74, 6) is -0.854. The number of carbonyl (C=O) groups is 1. The fourth-order valence-electron chi connectivity index (χ4n) is 1.97. The van der Waals surface area contributed by atoms with Gasteiger partial charge in [-0.3, -0.25) is 9.78 Å². The van der Waals surface area contributed by atoms with Crippen LogP contribution in [0.25, 0.3) is 10.8 Å². The molecule has 0 aliphatic rings. The summed E-state index contributed by atoms with van der Waals surface area (Å²) >= 11 is 0. The predicted octanol–water partition coefficient (Wildman–Crippen LogP) is 1.35. The molecule has 6 heteroatoms. The number of pyridine rings is 1. The van der Waals surface area contributed by atoms with E-state index in [4.69, 9.17) is 16.0 Å². The van der Waals surface area contributed by atoms with Crippen molar-refractivity contribution in [3.05, 3.63) is 41.7 Å². The lowest BCUT2D eigenvalue weighted by atomic mass is 10.0. The van der Waals surface area contributed by atoms with Crippen molar-refractivity contribution >= 4 is 22.6 Å². The van der Waals surface area contributed by atoms with Crippen molar-refractivity contribution in [1.82, 2.24) is 4.98 Å². The van der Waals surface area contributed by atoms with Gasteiger partial charge >= 0.3 is 5.97 Å². The van der Waals surface area contributed by atoms with Crippen LogP contribution in [0.15, 0.2) is 35.6 Å². The number of rotatable bonds is 4. The zero-order valence-electron chi connectivity index (χ0n) is 10.1. The van der Waals surface area contributed by atoms with Gasteiger partial charge in [-0.15, -0.1) is 0 Å². The van der Waals surface area contributed by atoms with Crippen molar-refractivity contribution in [2.45, 2.75) is 12.8 Å². The Bertz CT molecular complexity index is 653. The third-order valence-corrected chi connectivity index (χ3v) is 2.85. The molecule has 0 spiro atoms. The van der Waals surface area contributed by atoms with Gasteiger partial charge in [0.2, 0.25) is 0 Å². The van der Waals surface area contributed by atoms with Crippen LogP contribution in [-0.4, -0.2) is 27.1 Å². The van der Waals surface area contributed by atoms with E-state index in [1.807, 2.05) is 6.07 Å². The molecule has 2 aromatic rings. The number of aliphatic carboxylic acids is 1. The SMILES string of the molecule is NC(=NO)c1cccc2c(CCC(=O)O)nccc12. The number of nitrogens with two attached hydrogens (primary N) is 1. The van der Waals surface area contributed by atoms with E-state index in [0.717, 1.165) is 10.8 Å². The van der Waals surface area contributed by atoms with Gasteiger partial charge in [0.25, 0.3) is 0 Å². The molecule has 0 saturated carbocycles. The van der Waals surface area contributed by atoms with Crippen molar-refractivity contribution in [3.63, 3.8) is 0 Å². The number of oxime groups is 1. The number of nitrogens with zero attached hydrogens (tertiary/aromatic N) is 2. The molecule has 1 aromatic carbocycles. The van der Waals surface area contributed by atoms with Gasteiger partial charge in [0.05, 0.1) is 6.42 Å². The number of hydrogen-bond donors (Lipinski definition) is 3. The zero-order valence-corrected chi connectivity index (χ0v) is 10.1. The quantitative estimate of drug-likeness (QED) is 0.332. The second kappa shape index (κ2) is 5.34. The van der Waals surface area contributed by atoms with E-state index in [9.17, 15) is 4.79 Å². The zero-order chi connectivity index (χ0) is 13.8. The summed E-state index contributed by atoms with van der Waals surface area (Å²) in [4.78, 5) is 14.8. The van der Waals surface area contributed by atoms with Crippen LogP contribution >= 0.6 is 0 Å². The van der Waals surface area contributed by atoms with Gasteiger partial charge in [-0.05, 0) is 11.5 Å². The molecule has 2 rings (SSSR count). The molecule has 4 N–H and O–H groups in total. The van der Waals surface area contributed by atoms with Crippen LogP contribution < -0.4 is 5.73 Å². The molecular weight excluding hydrogens is 246 g/mol. The molecule has 6 nitrogen and oxygen atoms in total. The predicted molar refractivity (Wildman–Crippen MR) is 70.2 cm³/mol. The average Bonchev–Trinajstić information content (AvgIpc) is 2.43. The van der Waals surface area contributed by atoms with Gasteiger partial charge in [-0.1, -0.05) is 23.4 Å². The third-order valence-electron chi connectivity index (χ3n) is 2.85. The number of aromatic nitrogens is 1. The van der Waals surface area contributed by atoms with Gasteiger partial charge in [0.15, 0.2) is 5.84 Å². The van der Waals surface area contributed by atoms with E-state index in [2.05, 4.69) is 10.1 Å². The summed E-state index contributed by atoms with van der Waals surface area (Å²) in [6.45, 7) is 0.